The van der Waals surface area contributed by atoms with Crippen LogP contribution >= 0.6 is 0 Å². The van der Waals surface area contributed by atoms with Crippen molar-refractivity contribution in [1.29, 1.82) is 0 Å². The first kappa shape index (κ1) is 15.0. The normalized spacial score (nSPS) is 32.7. The fraction of sp³-hybridized carbons (Fsp3) is 0.632. The number of aliphatic hydroxyl groups is 1. The van der Waals surface area contributed by atoms with Gasteiger partial charge in [0.15, 0.2) is 0 Å². The SMILES string of the molecule is O=C1NCC2(CCC(c3ccccc3)CC2)N1C(O)C1CCC1. The summed E-state index contributed by atoms with van der Waals surface area (Å²) in [6.07, 6.45) is 6.82. The molecule has 4 rings (SSSR count). The third kappa shape index (κ3) is 2.53. The van der Waals surface area contributed by atoms with Crippen LogP contribution in [-0.4, -0.2) is 34.3 Å². The Morgan fingerprint density at radius 3 is 2.43 bits per heavy atom. The van der Waals surface area contributed by atoms with Gasteiger partial charge in [-0.1, -0.05) is 36.8 Å². The minimum Gasteiger partial charge on any atom is -0.373 e. The van der Waals surface area contributed by atoms with Crippen LogP contribution in [0, 0.1) is 5.92 Å². The van der Waals surface area contributed by atoms with Gasteiger partial charge in [-0.2, -0.15) is 0 Å². The van der Waals surface area contributed by atoms with Crippen LogP contribution in [0.4, 0.5) is 4.79 Å². The maximum absolute atomic E-state index is 12.3. The molecule has 1 aromatic rings. The summed E-state index contributed by atoms with van der Waals surface area (Å²) in [5.41, 5.74) is 1.24. The van der Waals surface area contributed by atoms with Crippen molar-refractivity contribution in [3.05, 3.63) is 35.9 Å². The zero-order valence-corrected chi connectivity index (χ0v) is 13.6. The summed E-state index contributed by atoms with van der Waals surface area (Å²) in [7, 11) is 0. The molecule has 1 aliphatic heterocycles. The quantitative estimate of drug-likeness (QED) is 0.900. The van der Waals surface area contributed by atoms with Gasteiger partial charge in [-0.15, -0.1) is 0 Å². The minimum atomic E-state index is -0.598. The number of nitrogens with zero attached hydrogens (tertiary/aromatic N) is 1. The maximum atomic E-state index is 12.3. The van der Waals surface area contributed by atoms with Gasteiger partial charge >= 0.3 is 6.03 Å². The van der Waals surface area contributed by atoms with Gasteiger partial charge < -0.3 is 10.4 Å². The van der Waals surface area contributed by atoms with Crippen molar-refractivity contribution in [1.82, 2.24) is 10.2 Å². The van der Waals surface area contributed by atoms with Gasteiger partial charge in [-0.3, -0.25) is 4.90 Å². The Balaban J connectivity index is 1.49. The highest BCUT2D eigenvalue weighted by Crippen LogP contribution is 2.45. The molecule has 2 aliphatic carbocycles. The lowest BCUT2D eigenvalue weighted by molar-refractivity contribution is -0.0824. The number of amides is 2. The molecular weight excluding hydrogens is 288 g/mol. The number of hydrogen-bond donors (Lipinski definition) is 2. The summed E-state index contributed by atoms with van der Waals surface area (Å²) >= 11 is 0. The Hall–Kier alpha value is -1.55. The Labute approximate surface area is 137 Å². The number of nitrogens with one attached hydrogen (secondary N) is 1. The van der Waals surface area contributed by atoms with Gasteiger partial charge in [-0.25, -0.2) is 4.79 Å². The molecule has 2 amide bonds. The topological polar surface area (TPSA) is 52.6 Å². The molecule has 1 atom stereocenters. The Morgan fingerprint density at radius 2 is 1.83 bits per heavy atom. The molecule has 0 aromatic heterocycles. The number of aliphatic hydroxyl groups excluding tert-OH is 1. The van der Waals surface area contributed by atoms with Crippen LogP contribution in [0.25, 0.3) is 0 Å². The molecule has 23 heavy (non-hydrogen) atoms. The second kappa shape index (κ2) is 5.82. The number of benzene rings is 1. The molecule has 2 N–H and O–H groups in total. The third-order valence-corrected chi connectivity index (χ3v) is 6.32. The van der Waals surface area contributed by atoms with E-state index in [1.807, 2.05) is 0 Å². The van der Waals surface area contributed by atoms with Crippen LogP contribution in [0.2, 0.25) is 0 Å². The van der Waals surface area contributed by atoms with Crippen LogP contribution in [0.15, 0.2) is 30.3 Å². The molecule has 0 radical (unpaired) electrons. The highest BCUT2D eigenvalue weighted by molar-refractivity contribution is 5.78. The van der Waals surface area contributed by atoms with E-state index in [1.165, 1.54) is 12.0 Å². The van der Waals surface area contributed by atoms with E-state index in [0.29, 0.717) is 12.5 Å². The monoisotopic (exact) mass is 314 g/mol. The molecule has 3 fully saturated rings. The summed E-state index contributed by atoms with van der Waals surface area (Å²) in [5, 5.41) is 13.7. The first-order valence-electron chi connectivity index (χ1n) is 9.00. The standard InChI is InChI=1S/C19H26N2O2/c22-17(16-7-4-8-16)21-18(23)20-13-19(21)11-9-15(10-12-19)14-5-2-1-3-6-14/h1-3,5-6,15-17,22H,4,7-13H2,(H,20,23). The molecular formula is C19H26N2O2. The molecule has 124 valence electrons. The van der Waals surface area contributed by atoms with Crippen LogP contribution in [0.5, 0.6) is 0 Å². The second-order valence-corrected chi connectivity index (χ2v) is 7.54. The molecule has 4 heteroatoms. The van der Waals surface area contributed by atoms with Crippen molar-refractivity contribution in [3.8, 4) is 0 Å². The van der Waals surface area contributed by atoms with Crippen molar-refractivity contribution in [3.63, 3.8) is 0 Å². The molecule has 1 spiro atoms. The van der Waals surface area contributed by atoms with Crippen LogP contribution < -0.4 is 5.32 Å². The lowest BCUT2D eigenvalue weighted by Crippen LogP contribution is -2.56. The molecule has 2 saturated carbocycles. The summed E-state index contributed by atoms with van der Waals surface area (Å²) < 4.78 is 0. The molecule has 0 bridgehead atoms. The van der Waals surface area contributed by atoms with E-state index in [9.17, 15) is 9.90 Å². The highest BCUT2D eigenvalue weighted by atomic mass is 16.3. The van der Waals surface area contributed by atoms with Crippen LogP contribution in [0.3, 0.4) is 0 Å². The van der Waals surface area contributed by atoms with Gasteiger partial charge in [0, 0.05) is 12.5 Å². The summed E-state index contributed by atoms with van der Waals surface area (Å²) in [6.45, 7) is 0.692. The van der Waals surface area contributed by atoms with E-state index in [4.69, 9.17) is 0 Å². The van der Waals surface area contributed by atoms with E-state index in [0.717, 1.165) is 38.5 Å². The van der Waals surface area contributed by atoms with E-state index in [-0.39, 0.29) is 17.5 Å². The first-order chi connectivity index (χ1) is 11.2. The average molecular weight is 314 g/mol. The van der Waals surface area contributed by atoms with E-state index < -0.39 is 6.23 Å². The molecule has 4 nitrogen and oxygen atoms in total. The number of hydrogen-bond acceptors (Lipinski definition) is 2. The van der Waals surface area contributed by atoms with Crippen LogP contribution in [0.1, 0.15) is 56.4 Å². The number of rotatable bonds is 3. The Kier molecular flexibility index (Phi) is 3.80. The molecule has 1 unspecified atom stereocenters. The van der Waals surface area contributed by atoms with Gasteiger partial charge in [0.25, 0.3) is 0 Å². The van der Waals surface area contributed by atoms with Crippen molar-refractivity contribution in [2.75, 3.05) is 6.54 Å². The number of urea groups is 1. The first-order valence-corrected chi connectivity index (χ1v) is 9.00. The van der Waals surface area contributed by atoms with Gasteiger partial charge in [0.2, 0.25) is 0 Å². The zero-order chi connectivity index (χ0) is 15.9. The number of carbonyl (C=O) groups excluding carboxylic acids is 1. The Bertz CT molecular complexity index is 562. The van der Waals surface area contributed by atoms with Crippen molar-refractivity contribution in [2.45, 2.75) is 62.6 Å². The second-order valence-electron chi connectivity index (χ2n) is 7.54. The fourth-order valence-electron chi connectivity index (χ4n) is 4.61. The van der Waals surface area contributed by atoms with E-state index in [1.54, 1.807) is 4.90 Å². The average Bonchev–Trinajstić information content (AvgIpc) is 2.84. The minimum absolute atomic E-state index is 0.0671. The maximum Gasteiger partial charge on any atom is 0.320 e. The van der Waals surface area contributed by atoms with E-state index >= 15 is 0 Å². The smallest absolute Gasteiger partial charge is 0.320 e. The van der Waals surface area contributed by atoms with Gasteiger partial charge in [-0.05, 0) is 50.0 Å². The predicted molar refractivity (Wildman–Crippen MR) is 89.0 cm³/mol. The van der Waals surface area contributed by atoms with Crippen LogP contribution in [-0.2, 0) is 0 Å². The number of carbonyl (C=O) groups is 1. The molecule has 1 saturated heterocycles. The fourth-order valence-corrected chi connectivity index (χ4v) is 4.61. The highest BCUT2D eigenvalue weighted by Gasteiger charge is 2.51. The summed E-state index contributed by atoms with van der Waals surface area (Å²) in [6, 6.07) is 10.6. The largest absolute Gasteiger partial charge is 0.373 e. The Morgan fingerprint density at radius 1 is 1.13 bits per heavy atom. The third-order valence-electron chi connectivity index (χ3n) is 6.32. The van der Waals surface area contributed by atoms with Crippen molar-refractivity contribution >= 4 is 6.03 Å². The zero-order valence-electron chi connectivity index (χ0n) is 13.6. The molecule has 1 heterocycles. The lowest BCUT2D eigenvalue weighted by atomic mass is 9.73. The molecule has 3 aliphatic rings. The molecule has 1 aromatic carbocycles. The van der Waals surface area contributed by atoms with Crippen molar-refractivity contribution < 1.29 is 9.90 Å². The summed E-state index contributed by atoms with van der Waals surface area (Å²) in [4.78, 5) is 14.1. The van der Waals surface area contributed by atoms with Gasteiger partial charge in [0.1, 0.15) is 6.23 Å². The summed E-state index contributed by atoms with van der Waals surface area (Å²) in [5.74, 6) is 0.864. The van der Waals surface area contributed by atoms with Gasteiger partial charge in [0.05, 0.1) is 5.54 Å². The van der Waals surface area contributed by atoms with E-state index in [2.05, 4.69) is 35.6 Å². The predicted octanol–water partition coefficient (Wildman–Crippen LogP) is 3.23. The van der Waals surface area contributed by atoms with Crippen molar-refractivity contribution in [2.24, 2.45) is 5.92 Å². The lowest BCUT2D eigenvalue weighted by Gasteiger charge is -2.47.